The highest BCUT2D eigenvalue weighted by atomic mass is 16.5. The summed E-state index contributed by atoms with van der Waals surface area (Å²) in [5.41, 5.74) is 0.612. The average molecular weight is 336 g/mol. The van der Waals surface area contributed by atoms with E-state index in [0.717, 1.165) is 19.4 Å². The first-order valence-corrected chi connectivity index (χ1v) is 8.43. The number of nitrogens with one attached hydrogen (secondary N) is 2. The smallest absolute Gasteiger partial charge is 0.226 e. The maximum Gasteiger partial charge on any atom is 0.226 e. The molecule has 0 bridgehead atoms. The monoisotopic (exact) mass is 336 g/mol. The van der Waals surface area contributed by atoms with Crippen LogP contribution in [0.25, 0.3) is 0 Å². The first-order chi connectivity index (χ1) is 11.5. The predicted octanol–water partition coefficient (Wildman–Crippen LogP) is 2.58. The van der Waals surface area contributed by atoms with Gasteiger partial charge in [-0.15, -0.1) is 0 Å². The van der Waals surface area contributed by atoms with E-state index in [2.05, 4.69) is 17.6 Å². The lowest BCUT2D eigenvalue weighted by Crippen LogP contribution is -2.43. The van der Waals surface area contributed by atoms with E-state index in [1.165, 1.54) is 0 Å². The van der Waals surface area contributed by atoms with Gasteiger partial charge in [-0.25, -0.2) is 0 Å². The fourth-order valence-corrected chi connectivity index (χ4v) is 3.00. The fourth-order valence-electron chi connectivity index (χ4n) is 3.00. The second-order valence-electron chi connectivity index (χ2n) is 6.23. The molecular formula is C18H28N2O4. The Labute approximate surface area is 143 Å². The van der Waals surface area contributed by atoms with Gasteiger partial charge in [0, 0.05) is 31.2 Å². The molecule has 1 amide bonds. The van der Waals surface area contributed by atoms with E-state index in [4.69, 9.17) is 14.2 Å². The molecule has 3 atom stereocenters. The van der Waals surface area contributed by atoms with Gasteiger partial charge in [0.05, 0.1) is 26.0 Å². The number of anilines is 1. The van der Waals surface area contributed by atoms with Crippen LogP contribution in [0.15, 0.2) is 18.2 Å². The molecule has 2 N–H and O–H groups in total. The first kappa shape index (κ1) is 18.5. The normalized spacial score (nSPS) is 19.6. The zero-order chi connectivity index (χ0) is 17.5. The summed E-state index contributed by atoms with van der Waals surface area (Å²) < 4.78 is 16.2. The Morgan fingerprint density at radius 2 is 2.12 bits per heavy atom. The SMILES string of the molecule is COc1ccc(OC)c(NC(=O)CC(C)NC(C)C2CCCO2)c1. The maximum absolute atomic E-state index is 12.3. The number of rotatable bonds is 8. The molecule has 24 heavy (non-hydrogen) atoms. The Bertz CT molecular complexity index is 544. The van der Waals surface area contributed by atoms with Crippen LogP contribution in [0, 0.1) is 0 Å². The van der Waals surface area contributed by atoms with Crippen molar-refractivity contribution in [3.05, 3.63) is 18.2 Å². The molecule has 1 aliphatic heterocycles. The van der Waals surface area contributed by atoms with Crippen LogP contribution >= 0.6 is 0 Å². The van der Waals surface area contributed by atoms with E-state index in [1.807, 2.05) is 6.92 Å². The molecular weight excluding hydrogens is 308 g/mol. The maximum atomic E-state index is 12.3. The van der Waals surface area contributed by atoms with Crippen LogP contribution in [0.1, 0.15) is 33.1 Å². The minimum absolute atomic E-state index is 0.0563. The highest BCUT2D eigenvalue weighted by Gasteiger charge is 2.24. The van der Waals surface area contributed by atoms with Gasteiger partial charge >= 0.3 is 0 Å². The van der Waals surface area contributed by atoms with Crippen LogP contribution in [-0.2, 0) is 9.53 Å². The molecule has 1 aliphatic rings. The average Bonchev–Trinajstić information content (AvgIpc) is 3.09. The molecule has 0 saturated carbocycles. The van der Waals surface area contributed by atoms with Crippen molar-refractivity contribution in [1.29, 1.82) is 0 Å². The third kappa shape index (κ3) is 5.11. The van der Waals surface area contributed by atoms with Crippen molar-refractivity contribution in [3.8, 4) is 11.5 Å². The standard InChI is InChI=1S/C18H28N2O4/c1-12(19-13(2)16-6-5-9-24-16)10-18(21)20-15-11-14(22-3)7-8-17(15)23-4/h7-8,11-13,16,19H,5-6,9-10H2,1-4H3,(H,20,21). The molecule has 0 aromatic heterocycles. The van der Waals surface area contributed by atoms with Gasteiger partial charge < -0.3 is 24.8 Å². The van der Waals surface area contributed by atoms with E-state index in [0.29, 0.717) is 23.6 Å². The molecule has 0 spiro atoms. The van der Waals surface area contributed by atoms with E-state index in [1.54, 1.807) is 32.4 Å². The van der Waals surface area contributed by atoms with Gasteiger partial charge in [-0.3, -0.25) is 4.79 Å². The second-order valence-corrected chi connectivity index (χ2v) is 6.23. The van der Waals surface area contributed by atoms with E-state index in [-0.39, 0.29) is 24.1 Å². The predicted molar refractivity (Wildman–Crippen MR) is 93.8 cm³/mol. The number of benzene rings is 1. The van der Waals surface area contributed by atoms with Crippen LogP contribution in [0.2, 0.25) is 0 Å². The highest BCUT2D eigenvalue weighted by molar-refractivity contribution is 5.92. The summed E-state index contributed by atoms with van der Waals surface area (Å²) in [6, 6.07) is 5.61. The van der Waals surface area contributed by atoms with Crippen LogP contribution in [-0.4, -0.2) is 44.9 Å². The summed E-state index contributed by atoms with van der Waals surface area (Å²) in [6.45, 7) is 4.95. The van der Waals surface area contributed by atoms with Crippen molar-refractivity contribution < 1.29 is 19.0 Å². The van der Waals surface area contributed by atoms with Gasteiger partial charge in [-0.05, 0) is 38.8 Å². The molecule has 1 aromatic carbocycles. The van der Waals surface area contributed by atoms with E-state index < -0.39 is 0 Å². The Morgan fingerprint density at radius 3 is 2.75 bits per heavy atom. The quantitative estimate of drug-likeness (QED) is 0.764. The minimum atomic E-state index is -0.0684. The first-order valence-electron chi connectivity index (χ1n) is 8.43. The Hall–Kier alpha value is -1.79. The number of carbonyl (C=O) groups excluding carboxylic acids is 1. The highest BCUT2D eigenvalue weighted by Crippen LogP contribution is 2.29. The van der Waals surface area contributed by atoms with Crippen molar-refractivity contribution in [2.45, 2.75) is 51.3 Å². The lowest BCUT2D eigenvalue weighted by Gasteiger charge is -2.24. The summed E-state index contributed by atoms with van der Waals surface area (Å²) in [5, 5.41) is 6.34. The van der Waals surface area contributed by atoms with Crippen molar-refractivity contribution >= 4 is 11.6 Å². The number of ether oxygens (including phenoxy) is 3. The second kappa shape index (κ2) is 8.89. The van der Waals surface area contributed by atoms with E-state index in [9.17, 15) is 4.79 Å². The largest absolute Gasteiger partial charge is 0.497 e. The van der Waals surface area contributed by atoms with Gasteiger partial charge in [0.2, 0.25) is 5.91 Å². The number of hydrogen-bond donors (Lipinski definition) is 2. The van der Waals surface area contributed by atoms with E-state index >= 15 is 0 Å². The fraction of sp³-hybridized carbons (Fsp3) is 0.611. The Morgan fingerprint density at radius 1 is 1.33 bits per heavy atom. The summed E-state index contributed by atoms with van der Waals surface area (Å²) in [6.07, 6.45) is 2.81. The van der Waals surface area contributed by atoms with Crippen LogP contribution in [0.3, 0.4) is 0 Å². The van der Waals surface area contributed by atoms with Gasteiger partial charge in [-0.2, -0.15) is 0 Å². The number of methoxy groups -OCH3 is 2. The van der Waals surface area contributed by atoms with Crippen LogP contribution in [0.5, 0.6) is 11.5 Å². The lowest BCUT2D eigenvalue weighted by molar-refractivity contribution is -0.116. The number of hydrogen-bond acceptors (Lipinski definition) is 5. The molecule has 6 nitrogen and oxygen atoms in total. The molecule has 2 rings (SSSR count). The summed E-state index contributed by atoms with van der Waals surface area (Å²) in [7, 11) is 3.16. The summed E-state index contributed by atoms with van der Waals surface area (Å²) >= 11 is 0. The van der Waals surface area contributed by atoms with Crippen LogP contribution < -0.4 is 20.1 Å². The van der Waals surface area contributed by atoms with Crippen LogP contribution in [0.4, 0.5) is 5.69 Å². The Balaban J connectivity index is 1.87. The lowest BCUT2D eigenvalue weighted by atomic mass is 10.1. The van der Waals surface area contributed by atoms with Gasteiger partial charge in [0.25, 0.3) is 0 Å². The van der Waals surface area contributed by atoms with Crippen molar-refractivity contribution in [2.24, 2.45) is 0 Å². The van der Waals surface area contributed by atoms with Crippen molar-refractivity contribution in [2.75, 3.05) is 26.1 Å². The molecule has 3 unspecified atom stereocenters. The third-order valence-corrected chi connectivity index (χ3v) is 4.24. The molecule has 1 saturated heterocycles. The zero-order valence-corrected chi connectivity index (χ0v) is 14.9. The molecule has 1 aromatic rings. The molecule has 0 aliphatic carbocycles. The molecule has 134 valence electrons. The molecule has 6 heteroatoms. The molecule has 1 heterocycles. The van der Waals surface area contributed by atoms with Crippen molar-refractivity contribution in [1.82, 2.24) is 5.32 Å². The van der Waals surface area contributed by atoms with Crippen molar-refractivity contribution in [3.63, 3.8) is 0 Å². The molecule has 1 fully saturated rings. The van der Waals surface area contributed by atoms with Gasteiger partial charge in [-0.1, -0.05) is 0 Å². The third-order valence-electron chi connectivity index (χ3n) is 4.24. The number of amides is 1. The minimum Gasteiger partial charge on any atom is -0.497 e. The molecule has 0 radical (unpaired) electrons. The summed E-state index contributed by atoms with van der Waals surface area (Å²) in [5.74, 6) is 1.21. The topological polar surface area (TPSA) is 68.8 Å². The van der Waals surface area contributed by atoms with Gasteiger partial charge in [0.15, 0.2) is 0 Å². The van der Waals surface area contributed by atoms with Gasteiger partial charge in [0.1, 0.15) is 11.5 Å². The Kier molecular flexibility index (Phi) is 6.87. The summed E-state index contributed by atoms with van der Waals surface area (Å²) in [4.78, 5) is 12.3. The number of carbonyl (C=O) groups is 1. The zero-order valence-electron chi connectivity index (χ0n) is 14.9.